The number of fused-ring (bicyclic) bond motifs is 2. The van der Waals surface area contributed by atoms with E-state index in [4.69, 9.17) is 14.5 Å². The summed E-state index contributed by atoms with van der Waals surface area (Å²) in [7, 11) is 3.59. The van der Waals surface area contributed by atoms with Gasteiger partial charge in [0.15, 0.2) is 4.80 Å². The Bertz CT molecular complexity index is 1770. The van der Waals surface area contributed by atoms with Crippen LogP contribution in [0, 0.1) is 6.92 Å². The molecule has 0 saturated carbocycles. The Morgan fingerprint density at radius 3 is 2.51 bits per heavy atom. The van der Waals surface area contributed by atoms with E-state index in [1.807, 2.05) is 37.4 Å². The first kappa shape index (κ1) is 26.8. The highest BCUT2D eigenvalue weighted by Crippen LogP contribution is 2.32. The predicted molar refractivity (Wildman–Crippen MR) is 155 cm³/mol. The van der Waals surface area contributed by atoms with Gasteiger partial charge in [-0.25, -0.2) is 9.79 Å². The fourth-order valence-corrected chi connectivity index (χ4v) is 6.15. The average Bonchev–Trinajstić information content (AvgIpc) is 3.36. The summed E-state index contributed by atoms with van der Waals surface area (Å²) in [6, 6.07) is 15.6. The Kier molecular flexibility index (Phi) is 7.42. The van der Waals surface area contributed by atoms with Gasteiger partial charge < -0.3 is 14.0 Å². The Morgan fingerprint density at radius 1 is 1.10 bits per heavy atom. The van der Waals surface area contributed by atoms with Gasteiger partial charge in [-0.05, 0) is 43.0 Å². The zero-order chi connectivity index (χ0) is 27.8. The predicted octanol–water partition coefficient (Wildman–Crippen LogP) is 4.35. The van der Waals surface area contributed by atoms with Crippen LogP contribution in [-0.2, 0) is 21.3 Å². The highest BCUT2D eigenvalue weighted by molar-refractivity contribution is 7.07. The second kappa shape index (κ2) is 10.8. The third-order valence-corrected chi connectivity index (χ3v) is 8.39. The van der Waals surface area contributed by atoms with Crippen molar-refractivity contribution in [2.75, 3.05) is 20.3 Å². The van der Waals surface area contributed by atoms with Gasteiger partial charge in [0.05, 0.1) is 28.5 Å². The van der Waals surface area contributed by atoms with Crippen LogP contribution in [0.15, 0.2) is 69.6 Å². The molecule has 39 heavy (non-hydrogen) atoms. The zero-order valence-corrected chi connectivity index (χ0v) is 24.0. The van der Waals surface area contributed by atoms with Crippen LogP contribution in [0.25, 0.3) is 17.0 Å². The Hall–Kier alpha value is -3.75. The molecule has 1 unspecified atom stereocenters. The minimum Gasteiger partial charge on any atom is -0.460 e. The third kappa shape index (κ3) is 4.79. The van der Waals surface area contributed by atoms with E-state index < -0.39 is 12.0 Å². The van der Waals surface area contributed by atoms with Gasteiger partial charge in [0.25, 0.3) is 5.56 Å². The summed E-state index contributed by atoms with van der Waals surface area (Å²) >= 11 is 1.34. The van der Waals surface area contributed by atoms with Gasteiger partial charge in [-0.1, -0.05) is 67.6 Å². The lowest BCUT2D eigenvalue weighted by Crippen LogP contribution is -2.40. The van der Waals surface area contributed by atoms with Crippen molar-refractivity contribution >= 4 is 34.3 Å². The molecule has 0 N–H and O–H groups in total. The number of esters is 1. The number of carbonyl (C=O) groups is 1. The van der Waals surface area contributed by atoms with Crippen LogP contribution in [-0.4, -0.2) is 35.4 Å². The molecule has 2 aromatic carbocycles. The average molecular weight is 544 g/mol. The molecule has 4 aromatic rings. The van der Waals surface area contributed by atoms with Gasteiger partial charge in [-0.3, -0.25) is 9.36 Å². The third-order valence-electron chi connectivity index (χ3n) is 7.40. The molecular weight excluding hydrogens is 510 g/mol. The van der Waals surface area contributed by atoms with Crippen LogP contribution < -0.4 is 14.9 Å². The first-order valence-electron chi connectivity index (χ1n) is 13.1. The van der Waals surface area contributed by atoms with Crippen molar-refractivity contribution in [1.29, 1.82) is 0 Å². The maximum absolute atomic E-state index is 14.0. The molecule has 7 nitrogen and oxygen atoms in total. The first-order valence-corrected chi connectivity index (χ1v) is 13.9. The van der Waals surface area contributed by atoms with E-state index in [0.717, 1.165) is 27.7 Å². The molecule has 2 aromatic heterocycles. The fourth-order valence-electron chi connectivity index (χ4n) is 5.12. The lowest BCUT2D eigenvalue weighted by molar-refractivity contribution is -0.140. The number of thiazole rings is 1. The van der Waals surface area contributed by atoms with Crippen molar-refractivity contribution in [3.63, 3.8) is 0 Å². The summed E-state index contributed by atoms with van der Waals surface area (Å²) in [5, 5.41) is 1.09. The second-order valence-electron chi connectivity index (χ2n) is 10.1. The Balaban J connectivity index is 1.70. The number of para-hydroxylation sites is 1. The molecule has 202 valence electrons. The number of allylic oxidation sites excluding steroid dienone is 1. The van der Waals surface area contributed by atoms with E-state index in [-0.39, 0.29) is 18.8 Å². The number of hydrogen-bond donors (Lipinski definition) is 0. The van der Waals surface area contributed by atoms with E-state index in [2.05, 4.69) is 49.6 Å². The molecule has 8 heteroatoms. The number of nitrogens with zero attached hydrogens (tertiary/aromatic N) is 3. The number of rotatable bonds is 7. The van der Waals surface area contributed by atoms with Gasteiger partial charge in [-0.15, -0.1) is 0 Å². The Labute approximate surface area is 231 Å². The summed E-state index contributed by atoms with van der Waals surface area (Å²) < 4.78 is 14.9. The molecule has 0 radical (unpaired) electrons. The van der Waals surface area contributed by atoms with Crippen molar-refractivity contribution in [2.45, 2.75) is 39.7 Å². The van der Waals surface area contributed by atoms with Crippen LogP contribution in [0.3, 0.4) is 0 Å². The van der Waals surface area contributed by atoms with Gasteiger partial charge in [-0.2, -0.15) is 0 Å². The van der Waals surface area contributed by atoms with Crippen molar-refractivity contribution in [3.05, 3.63) is 102 Å². The van der Waals surface area contributed by atoms with E-state index in [1.165, 1.54) is 16.9 Å². The number of hydrogen-bond acceptors (Lipinski definition) is 6. The number of aryl methyl sites for hydroxylation is 1. The Morgan fingerprint density at radius 2 is 1.82 bits per heavy atom. The molecule has 0 saturated heterocycles. The van der Waals surface area contributed by atoms with Gasteiger partial charge in [0, 0.05) is 36.3 Å². The number of ether oxygens (including phenoxy) is 2. The highest BCUT2D eigenvalue weighted by Gasteiger charge is 2.33. The zero-order valence-electron chi connectivity index (χ0n) is 23.1. The fraction of sp³-hybridized carbons (Fsp3) is 0.323. The summed E-state index contributed by atoms with van der Waals surface area (Å²) in [6.07, 6.45) is 1.95. The molecule has 1 atom stereocenters. The summed E-state index contributed by atoms with van der Waals surface area (Å²) in [5.41, 5.74) is 5.93. The van der Waals surface area contributed by atoms with Crippen LogP contribution in [0.5, 0.6) is 0 Å². The SMILES string of the molecule is COCCOC(=O)C1=C(C)N=c2sc(=Cc3c(C)n(C)c4ccccc34)c(=O)n2C1c1ccc(C(C)C)cc1. The van der Waals surface area contributed by atoms with Crippen LogP contribution in [0.4, 0.5) is 0 Å². The van der Waals surface area contributed by atoms with E-state index in [0.29, 0.717) is 26.5 Å². The lowest BCUT2D eigenvalue weighted by Gasteiger charge is -2.25. The molecule has 0 aliphatic carbocycles. The standard InChI is InChI=1S/C31H33N3O4S/c1-18(2)21-11-13-22(14-12-21)28-27(30(36)38-16-15-37-6)19(3)32-31-34(28)29(35)26(39-31)17-24-20(4)33(5)25-10-8-7-9-23(24)25/h7-14,17-18,28H,15-16H2,1-6H3. The van der Waals surface area contributed by atoms with Gasteiger partial charge in [0.1, 0.15) is 6.61 Å². The summed E-state index contributed by atoms with van der Waals surface area (Å²) in [5.74, 6) is -0.133. The van der Waals surface area contributed by atoms with E-state index >= 15 is 0 Å². The number of benzene rings is 2. The molecule has 1 aliphatic heterocycles. The second-order valence-corrected chi connectivity index (χ2v) is 11.1. The van der Waals surface area contributed by atoms with Crippen molar-refractivity contribution < 1.29 is 14.3 Å². The molecule has 5 rings (SSSR count). The van der Waals surface area contributed by atoms with Crippen molar-refractivity contribution in [2.24, 2.45) is 12.0 Å². The topological polar surface area (TPSA) is 74.8 Å². The smallest absolute Gasteiger partial charge is 0.338 e. The molecule has 0 fully saturated rings. The summed E-state index contributed by atoms with van der Waals surface area (Å²) in [4.78, 5) is 32.7. The molecule has 3 heterocycles. The normalized spacial score (nSPS) is 15.7. The van der Waals surface area contributed by atoms with E-state index in [1.54, 1.807) is 18.6 Å². The monoisotopic (exact) mass is 543 g/mol. The van der Waals surface area contributed by atoms with Gasteiger partial charge >= 0.3 is 5.97 Å². The maximum Gasteiger partial charge on any atom is 0.338 e. The minimum atomic E-state index is -0.645. The van der Waals surface area contributed by atoms with Crippen molar-refractivity contribution in [1.82, 2.24) is 9.13 Å². The number of aromatic nitrogens is 2. The largest absolute Gasteiger partial charge is 0.460 e. The number of methoxy groups -OCH3 is 1. The lowest BCUT2D eigenvalue weighted by atomic mass is 9.93. The highest BCUT2D eigenvalue weighted by atomic mass is 32.1. The van der Waals surface area contributed by atoms with E-state index in [9.17, 15) is 9.59 Å². The quantitative estimate of drug-likeness (QED) is 0.257. The molecular formula is C31H33N3O4S. The van der Waals surface area contributed by atoms with Gasteiger partial charge in [0.2, 0.25) is 0 Å². The molecule has 0 bridgehead atoms. The summed E-state index contributed by atoms with van der Waals surface area (Å²) in [6.45, 7) is 8.53. The van der Waals surface area contributed by atoms with Crippen LogP contribution >= 0.6 is 11.3 Å². The van der Waals surface area contributed by atoms with Crippen molar-refractivity contribution in [3.8, 4) is 0 Å². The molecule has 1 aliphatic rings. The minimum absolute atomic E-state index is 0.121. The van der Waals surface area contributed by atoms with Crippen LogP contribution in [0.2, 0.25) is 0 Å². The van der Waals surface area contributed by atoms with Crippen LogP contribution in [0.1, 0.15) is 55.1 Å². The first-order chi connectivity index (χ1) is 18.7. The number of carbonyl (C=O) groups excluding carboxylic acids is 1. The maximum atomic E-state index is 14.0. The molecule has 0 spiro atoms. The molecule has 0 amide bonds.